The molecule has 0 N–H and O–H groups in total. The molecule has 1 rings (SSSR count). The van der Waals surface area contributed by atoms with Crippen molar-refractivity contribution in [3.63, 3.8) is 0 Å². The van der Waals surface area contributed by atoms with Gasteiger partial charge in [-0.15, -0.1) is 0 Å². The van der Waals surface area contributed by atoms with Crippen molar-refractivity contribution in [3.8, 4) is 0 Å². The molecular formula is C10H19ClN4O2S. The Kier molecular flexibility index (Phi) is 5.15. The highest BCUT2D eigenvalue weighted by Crippen LogP contribution is 2.21. The number of aromatic nitrogens is 2. The highest BCUT2D eigenvalue weighted by molar-refractivity contribution is 7.89. The lowest BCUT2D eigenvalue weighted by Crippen LogP contribution is -2.30. The normalized spacial score (nSPS) is 12.6. The van der Waals surface area contributed by atoms with Crippen molar-refractivity contribution in [1.29, 1.82) is 0 Å². The number of hydrogen-bond acceptors (Lipinski definition) is 4. The molecule has 1 aromatic rings. The minimum absolute atomic E-state index is 0.0842. The number of rotatable bonds is 6. The molecule has 0 aliphatic heterocycles. The predicted octanol–water partition coefficient (Wildman–Crippen LogP) is 0.646. The molecule has 0 aliphatic rings. The maximum Gasteiger partial charge on any atom is 0.263 e. The van der Waals surface area contributed by atoms with Gasteiger partial charge in [-0.1, -0.05) is 11.6 Å². The highest BCUT2D eigenvalue weighted by atomic mass is 35.5. The van der Waals surface area contributed by atoms with Gasteiger partial charge >= 0.3 is 0 Å². The SMILES string of the molecule is CN(C)CCCN(C)S(=O)(=O)c1ncn(C)c1Cl. The first-order chi connectivity index (χ1) is 8.26. The lowest BCUT2D eigenvalue weighted by atomic mass is 10.4. The van der Waals surface area contributed by atoms with Crippen LogP contribution in [0.15, 0.2) is 11.4 Å². The summed E-state index contributed by atoms with van der Waals surface area (Å²) < 4.78 is 27.1. The summed E-state index contributed by atoms with van der Waals surface area (Å²) in [5.74, 6) is 0. The van der Waals surface area contributed by atoms with E-state index in [4.69, 9.17) is 11.6 Å². The second-order valence-electron chi connectivity index (χ2n) is 4.43. The van der Waals surface area contributed by atoms with Gasteiger partial charge in [-0.25, -0.2) is 13.4 Å². The average Bonchev–Trinajstić information content (AvgIpc) is 2.59. The molecule has 0 aromatic carbocycles. The van der Waals surface area contributed by atoms with Crippen LogP contribution < -0.4 is 0 Å². The highest BCUT2D eigenvalue weighted by Gasteiger charge is 2.26. The van der Waals surface area contributed by atoms with Crippen LogP contribution in [-0.2, 0) is 17.1 Å². The summed E-state index contributed by atoms with van der Waals surface area (Å²) >= 11 is 5.91. The smallest absolute Gasteiger partial charge is 0.263 e. The fourth-order valence-electron chi connectivity index (χ4n) is 1.44. The molecule has 1 aromatic heterocycles. The van der Waals surface area contributed by atoms with Gasteiger partial charge in [0.1, 0.15) is 5.15 Å². The lowest BCUT2D eigenvalue weighted by Gasteiger charge is -2.17. The Bertz CT molecular complexity index is 498. The lowest BCUT2D eigenvalue weighted by molar-refractivity contribution is 0.370. The number of halogens is 1. The quantitative estimate of drug-likeness (QED) is 0.773. The minimum Gasteiger partial charge on any atom is -0.324 e. The van der Waals surface area contributed by atoms with Crippen molar-refractivity contribution in [2.75, 3.05) is 34.2 Å². The number of hydrogen-bond donors (Lipinski definition) is 0. The van der Waals surface area contributed by atoms with Crippen LogP contribution in [0.2, 0.25) is 5.15 Å². The largest absolute Gasteiger partial charge is 0.324 e. The topological polar surface area (TPSA) is 58.4 Å². The van der Waals surface area contributed by atoms with E-state index in [1.807, 2.05) is 19.0 Å². The standard InChI is InChI=1S/C10H19ClN4O2S/c1-13(2)6-5-7-15(4)18(16,17)10-9(11)14(3)8-12-10/h8H,5-7H2,1-4H3. The molecule has 0 fully saturated rings. The molecule has 0 aliphatic carbocycles. The van der Waals surface area contributed by atoms with Crippen molar-refractivity contribution in [3.05, 3.63) is 11.5 Å². The van der Waals surface area contributed by atoms with E-state index in [-0.39, 0.29) is 10.2 Å². The predicted molar refractivity (Wildman–Crippen MR) is 71.2 cm³/mol. The summed E-state index contributed by atoms with van der Waals surface area (Å²) in [4.78, 5) is 5.85. The average molecular weight is 295 g/mol. The Hall–Kier alpha value is -0.630. The number of sulfonamides is 1. The zero-order valence-corrected chi connectivity index (χ0v) is 12.7. The summed E-state index contributed by atoms with van der Waals surface area (Å²) in [6.45, 7) is 1.27. The van der Waals surface area contributed by atoms with Crippen LogP contribution in [-0.4, -0.2) is 61.4 Å². The summed E-state index contributed by atoms with van der Waals surface area (Å²) in [7, 11) is 3.49. The molecule has 6 nitrogen and oxygen atoms in total. The molecule has 0 radical (unpaired) electrons. The van der Waals surface area contributed by atoms with Crippen molar-refractivity contribution in [1.82, 2.24) is 18.8 Å². The van der Waals surface area contributed by atoms with E-state index in [9.17, 15) is 8.42 Å². The summed E-state index contributed by atoms with van der Waals surface area (Å²) in [5.41, 5.74) is 0. The minimum atomic E-state index is -3.60. The fourth-order valence-corrected chi connectivity index (χ4v) is 3.03. The molecule has 18 heavy (non-hydrogen) atoms. The van der Waals surface area contributed by atoms with Crippen molar-refractivity contribution in [2.24, 2.45) is 7.05 Å². The molecular weight excluding hydrogens is 276 g/mol. The first-order valence-electron chi connectivity index (χ1n) is 5.54. The van der Waals surface area contributed by atoms with Crippen LogP contribution in [0.1, 0.15) is 6.42 Å². The molecule has 104 valence electrons. The van der Waals surface area contributed by atoms with Gasteiger partial charge in [0.2, 0.25) is 5.03 Å². The van der Waals surface area contributed by atoms with Crippen molar-refractivity contribution in [2.45, 2.75) is 11.4 Å². The zero-order valence-electron chi connectivity index (χ0n) is 11.1. The maximum absolute atomic E-state index is 12.2. The zero-order chi connectivity index (χ0) is 13.9. The molecule has 0 bridgehead atoms. The Morgan fingerprint density at radius 2 is 1.94 bits per heavy atom. The third kappa shape index (κ3) is 3.44. The monoisotopic (exact) mass is 294 g/mol. The fraction of sp³-hybridized carbons (Fsp3) is 0.700. The van der Waals surface area contributed by atoms with Gasteiger partial charge < -0.3 is 9.47 Å². The van der Waals surface area contributed by atoms with Crippen LogP contribution in [0, 0.1) is 0 Å². The van der Waals surface area contributed by atoms with E-state index >= 15 is 0 Å². The third-order valence-electron chi connectivity index (χ3n) is 2.57. The molecule has 0 saturated heterocycles. The third-order valence-corrected chi connectivity index (χ3v) is 4.92. The van der Waals surface area contributed by atoms with E-state index in [1.54, 1.807) is 7.05 Å². The Morgan fingerprint density at radius 3 is 2.39 bits per heavy atom. The van der Waals surface area contributed by atoms with Crippen LogP contribution in [0.4, 0.5) is 0 Å². The first kappa shape index (κ1) is 15.4. The van der Waals surface area contributed by atoms with Gasteiger partial charge in [-0.2, -0.15) is 4.31 Å². The van der Waals surface area contributed by atoms with Gasteiger partial charge in [-0.05, 0) is 27.1 Å². The van der Waals surface area contributed by atoms with Crippen LogP contribution in [0.25, 0.3) is 0 Å². The summed E-state index contributed by atoms with van der Waals surface area (Å²) in [5, 5.41) is 0.0495. The second-order valence-corrected chi connectivity index (χ2v) is 6.75. The number of nitrogens with zero attached hydrogens (tertiary/aromatic N) is 4. The van der Waals surface area contributed by atoms with E-state index in [0.717, 1.165) is 13.0 Å². The van der Waals surface area contributed by atoms with Crippen LogP contribution in [0.5, 0.6) is 0 Å². The van der Waals surface area contributed by atoms with E-state index < -0.39 is 10.0 Å². The van der Waals surface area contributed by atoms with Gasteiger partial charge in [0, 0.05) is 20.6 Å². The maximum atomic E-state index is 12.2. The molecule has 0 spiro atoms. The molecule has 1 heterocycles. The van der Waals surface area contributed by atoms with Gasteiger partial charge in [-0.3, -0.25) is 0 Å². The van der Waals surface area contributed by atoms with E-state index in [1.165, 1.54) is 22.2 Å². The van der Waals surface area contributed by atoms with E-state index in [2.05, 4.69) is 4.98 Å². The van der Waals surface area contributed by atoms with Gasteiger partial charge in [0.05, 0.1) is 6.33 Å². The Labute approximate surface area is 113 Å². The summed E-state index contributed by atoms with van der Waals surface area (Å²) in [6, 6.07) is 0. The van der Waals surface area contributed by atoms with Crippen LogP contribution >= 0.6 is 11.6 Å². The van der Waals surface area contributed by atoms with Gasteiger partial charge in [0.15, 0.2) is 0 Å². The Balaban J connectivity index is 2.77. The molecule has 0 unspecified atom stereocenters. The van der Waals surface area contributed by atoms with E-state index in [0.29, 0.717) is 6.54 Å². The number of aryl methyl sites for hydroxylation is 1. The van der Waals surface area contributed by atoms with Gasteiger partial charge in [0.25, 0.3) is 10.0 Å². The first-order valence-corrected chi connectivity index (χ1v) is 7.36. The number of imidazole rings is 1. The molecule has 0 amide bonds. The molecule has 0 atom stereocenters. The Morgan fingerprint density at radius 1 is 1.33 bits per heavy atom. The molecule has 8 heteroatoms. The summed E-state index contributed by atoms with van der Waals surface area (Å²) in [6.07, 6.45) is 2.15. The van der Waals surface area contributed by atoms with Crippen molar-refractivity contribution >= 4 is 21.6 Å². The van der Waals surface area contributed by atoms with Crippen LogP contribution in [0.3, 0.4) is 0 Å². The van der Waals surface area contributed by atoms with Crippen molar-refractivity contribution < 1.29 is 8.42 Å². The second kappa shape index (κ2) is 6.01. The molecule has 0 saturated carbocycles.